The number of halogens is 1. The second-order valence-corrected chi connectivity index (χ2v) is 8.60. The highest BCUT2D eigenvalue weighted by atomic mass is 79.9. The largest absolute Gasteiger partial charge is 0.315 e. The van der Waals surface area contributed by atoms with Crippen molar-refractivity contribution in [2.45, 2.75) is 18.1 Å². The summed E-state index contributed by atoms with van der Waals surface area (Å²) >= 11 is 5.03. The number of rotatable bonds is 5. The van der Waals surface area contributed by atoms with Crippen molar-refractivity contribution in [2.24, 2.45) is 0 Å². The van der Waals surface area contributed by atoms with Crippen molar-refractivity contribution in [3.63, 3.8) is 0 Å². The van der Waals surface area contributed by atoms with Crippen LogP contribution in [0.25, 0.3) is 0 Å². The van der Waals surface area contributed by atoms with Crippen LogP contribution in [0.1, 0.15) is 11.3 Å². The first-order valence-corrected chi connectivity index (χ1v) is 8.67. The van der Waals surface area contributed by atoms with Crippen LogP contribution in [0.3, 0.4) is 0 Å². The van der Waals surface area contributed by atoms with E-state index in [2.05, 4.69) is 26.0 Å². The van der Waals surface area contributed by atoms with Gasteiger partial charge in [0.2, 0.25) is 10.0 Å². The molecule has 1 atom stereocenters. The van der Waals surface area contributed by atoms with Crippen LogP contribution in [0.4, 0.5) is 0 Å². The van der Waals surface area contributed by atoms with Crippen molar-refractivity contribution in [2.75, 3.05) is 19.6 Å². The fourth-order valence-corrected chi connectivity index (χ4v) is 4.68. The van der Waals surface area contributed by atoms with Crippen LogP contribution >= 0.6 is 27.3 Å². The first-order chi connectivity index (χ1) is 8.08. The molecule has 1 saturated heterocycles. The number of hydrogen-bond acceptors (Lipinski definition) is 4. The summed E-state index contributed by atoms with van der Waals surface area (Å²) in [6.45, 7) is 1.84. The average Bonchev–Trinajstić information content (AvgIpc) is 2.89. The molecule has 0 bridgehead atoms. The number of hydrogen-bond donors (Lipinski definition) is 2. The fraction of sp³-hybridized carbons (Fsp3) is 0.600. The molecule has 17 heavy (non-hydrogen) atoms. The standard InChI is InChI=1S/C10H15BrN2O2S2/c11-10-2-1-8(16-10)3-6-13-17(14,15)9-4-5-12-7-9/h1-2,9,12-13H,3-7H2. The first kappa shape index (κ1) is 13.5. The molecule has 2 heterocycles. The Balaban J connectivity index is 1.81. The quantitative estimate of drug-likeness (QED) is 0.851. The SMILES string of the molecule is O=S(=O)(NCCc1ccc(Br)s1)C1CCNC1. The fourth-order valence-electron chi connectivity index (χ4n) is 1.81. The summed E-state index contributed by atoms with van der Waals surface area (Å²) in [5.41, 5.74) is 0. The van der Waals surface area contributed by atoms with E-state index < -0.39 is 10.0 Å². The van der Waals surface area contributed by atoms with Gasteiger partial charge in [0, 0.05) is 18.0 Å². The summed E-state index contributed by atoms with van der Waals surface area (Å²) in [6.07, 6.45) is 1.45. The molecule has 2 N–H and O–H groups in total. The lowest BCUT2D eigenvalue weighted by atomic mass is 10.3. The van der Waals surface area contributed by atoms with E-state index in [-0.39, 0.29) is 5.25 Å². The maximum Gasteiger partial charge on any atom is 0.215 e. The predicted molar refractivity (Wildman–Crippen MR) is 73.9 cm³/mol. The predicted octanol–water partition coefficient (Wildman–Crippen LogP) is 1.33. The number of sulfonamides is 1. The summed E-state index contributed by atoms with van der Waals surface area (Å²) in [6, 6.07) is 4.00. The van der Waals surface area contributed by atoms with Gasteiger partial charge >= 0.3 is 0 Å². The van der Waals surface area contributed by atoms with Crippen LogP contribution in [0.15, 0.2) is 15.9 Å². The minimum atomic E-state index is -3.14. The lowest BCUT2D eigenvalue weighted by molar-refractivity contribution is 0.568. The zero-order chi connectivity index (χ0) is 12.3. The van der Waals surface area contributed by atoms with E-state index in [1.165, 1.54) is 4.88 Å². The highest BCUT2D eigenvalue weighted by Gasteiger charge is 2.27. The van der Waals surface area contributed by atoms with E-state index in [0.29, 0.717) is 19.5 Å². The second-order valence-electron chi connectivity index (χ2n) is 4.01. The number of nitrogens with one attached hydrogen (secondary N) is 2. The zero-order valence-corrected chi connectivity index (χ0v) is 12.5. The van der Waals surface area contributed by atoms with Gasteiger partial charge in [-0.1, -0.05) is 0 Å². The Labute approximate surface area is 114 Å². The third-order valence-corrected chi connectivity index (χ3v) is 6.33. The Morgan fingerprint density at radius 3 is 2.94 bits per heavy atom. The monoisotopic (exact) mass is 338 g/mol. The van der Waals surface area contributed by atoms with Crippen molar-refractivity contribution in [3.05, 3.63) is 20.8 Å². The van der Waals surface area contributed by atoms with E-state index >= 15 is 0 Å². The molecule has 1 aromatic heterocycles. The van der Waals surface area contributed by atoms with E-state index in [1.807, 2.05) is 12.1 Å². The summed E-state index contributed by atoms with van der Waals surface area (Å²) in [4.78, 5) is 1.18. The highest BCUT2D eigenvalue weighted by Crippen LogP contribution is 2.22. The second kappa shape index (κ2) is 5.79. The van der Waals surface area contributed by atoms with E-state index in [1.54, 1.807) is 11.3 Å². The van der Waals surface area contributed by atoms with Crippen LogP contribution in [0, 0.1) is 0 Å². The molecule has 1 aliphatic heterocycles. The minimum Gasteiger partial charge on any atom is -0.315 e. The normalized spacial score (nSPS) is 20.9. The first-order valence-electron chi connectivity index (χ1n) is 5.51. The molecule has 1 aromatic rings. The Hall–Kier alpha value is 0.0500. The van der Waals surface area contributed by atoms with E-state index in [9.17, 15) is 8.42 Å². The molecule has 0 aromatic carbocycles. The Morgan fingerprint density at radius 2 is 2.35 bits per heavy atom. The van der Waals surface area contributed by atoms with E-state index in [0.717, 1.165) is 16.8 Å². The van der Waals surface area contributed by atoms with Gasteiger partial charge in [0.1, 0.15) is 0 Å². The van der Waals surface area contributed by atoms with Crippen molar-refractivity contribution in [1.82, 2.24) is 10.0 Å². The van der Waals surface area contributed by atoms with Gasteiger partial charge in [0.05, 0.1) is 9.04 Å². The third kappa shape index (κ3) is 3.75. The van der Waals surface area contributed by atoms with Crippen LogP contribution < -0.4 is 10.0 Å². The van der Waals surface area contributed by atoms with Gasteiger partial charge in [-0.2, -0.15) is 0 Å². The van der Waals surface area contributed by atoms with E-state index in [4.69, 9.17) is 0 Å². The van der Waals surface area contributed by atoms with Gasteiger partial charge in [-0.05, 0) is 47.4 Å². The van der Waals surface area contributed by atoms with Gasteiger partial charge in [0.25, 0.3) is 0 Å². The zero-order valence-electron chi connectivity index (χ0n) is 9.28. The van der Waals surface area contributed by atoms with Gasteiger partial charge in [0.15, 0.2) is 0 Å². The Bertz CT molecular complexity index is 466. The van der Waals surface area contributed by atoms with Crippen LogP contribution in [0.2, 0.25) is 0 Å². The third-order valence-electron chi connectivity index (χ3n) is 2.76. The van der Waals surface area contributed by atoms with Crippen molar-refractivity contribution in [1.29, 1.82) is 0 Å². The van der Waals surface area contributed by atoms with Crippen molar-refractivity contribution in [3.8, 4) is 0 Å². The molecule has 2 rings (SSSR count). The van der Waals surface area contributed by atoms with Crippen LogP contribution in [-0.2, 0) is 16.4 Å². The summed E-state index contributed by atoms with van der Waals surface area (Å²) in [7, 11) is -3.14. The molecule has 1 unspecified atom stereocenters. The molecule has 0 amide bonds. The molecular formula is C10H15BrN2O2S2. The maximum atomic E-state index is 11.9. The maximum absolute atomic E-state index is 11.9. The van der Waals surface area contributed by atoms with Crippen molar-refractivity contribution < 1.29 is 8.42 Å². The summed E-state index contributed by atoms with van der Waals surface area (Å²) in [5, 5.41) is 2.80. The Morgan fingerprint density at radius 1 is 1.53 bits per heavy atom. The molecule has 7 heteroatoms. The summed E-state index contributed by atoms with van der Waals surface area (Å²) < 4.78 is 27.5. The van der Waals surface area contributed by atoms with Crippen LogP contribution in [-0.4, -0.2) is 33.3 Å². The van der Waals surface area contributed by atoms with Gasteiger partial charge in [-0.25, -0.2) is 13.1 Å². The molecule has 1 aliphatic rings. The molecule has 96 valence electrons. The minimum absolute atomic E-state index is 0.266. The lowest BCUT2D eigenvalue weighted by Gasteiger charge is -2.11. The topological polar surface area (TPSA) is 58.2 Å². The van der Waals surface area contributed by atoms with Gasteiger partial charge < -0.3 is 5.32 Å². The highest BCUT2D eigenvalue weighted by molar-refractivity contribution is 9.11. The van der Waals surface area contributed by atoms with Crippen molar-refractivity contribution >= 4 is 37.3 Å². The molecule has 4 nitrogen and oxygen atoms in total. The molecule has 0 saturated carbocycles. The molecule has 1 fully saturated rings. The van der Waals surface area contributed by atoms with Crippen LogP contribution in [0.5, 0.6) is 0 Å². The Kier molecular flexibility index (Phi) is 4.59. The molecule has 0 radical (unpaired) electrons. The lowest BCUT2D eigenvalue weighted by Crippen LogP contribution is -2.36. The smallest absolute Gasteiger partial charge is 0.215 e. The molecular weight excluding hydrogens is 324 g/mol. The van der Waals surface area contributed by atoms with Gasteiger partial charge in [-0.3, -0.25) is 0 Å². The number of thiophene rings is 1. The summed E-state index contributed by atoms with van der Waals surface area (Å²) in [5.74, 6) is 0. The average molecular weight is 339 g/mol. The van der Waals surface area contributed by atoms with Gasteiger partial charge in [-0.15, -0.1) is 11.3 Å². The molecule has 0 spiro atoms. The molecule has 0 aliphatic carbocycles.